The van der Waals surface area contributed by atoms with Crippen LogP contribution in [-0.2, 0) is 40.9 Å². The summed E-state index contributed by atoms with van der Waals surface area (Å²) in [4.78, 5) is 38.9. The number of carboxylic acid groups (broad SMARTS) is 1. The number of terminal acetylenes is 2. The van der Waals surface area contributed by atoms with Crippen LogP contribution in [-0.4, -0.2) is 76.4 Å². The number of aromatic amines is 1. The zero-order valence-electron chi connectivity index (χ0n) is 50.9. The van der Waals surface area contributed by atoms with Crippen molar-refractivity contribution in [1.29, 1.82) is 10.5 Å². The van der Waals surface area contributed by atoms with Crippen molar-refractivity contribution in [3.8, 4) is 98.0 Å². The van der Waals surface area contributed by atoms with E-state index in [4.69, 9.17) is 43.3 Å². The Morgan fingerprint density at radius 3 is 1.34 bits per heavy atom. The average Bonchev–Trinajstić information content (AvgIpc) is 1.93. The minimum Gasteiger partial charge on any atom is -0.512 e. The smallest absolute Gasteiger partial charge is 0.512 e. The van der Waals surface area contributed by atoms with E-state index in [-0.39, 0.29) is 58.6 Å². The molecule has 2 aromatic heterocycles. The van der Waals surface area contributed by atoms with Gasteiger partial charge in [0.25, 0.3) is 0 Å². The molecular weight excluding hydrogens is 1310 g/mol. The molecule has 21 heteroatoms. The van der Waals surface area contributed by atoms with Gasteiger partial charge in [-0.05, 0) is 100 Å². The number of aliphatic hydroxyl groups excluding tert-OH is 1. The van der Waals surface area contributed by atoms with E-state index in [1.54, 1.807) is 77.9 Å². The van der Waals surface area contributed by atoms with E-state index >= 15 is 0 Å². The van der Waals surface area contributed by atoms with Gasteiger partial charge in [0.05, 0.1) is 23.8 Å². The molecule has 2 heterocycles. The van der Waals surface area contributed by atoms with Crippen LogP contribution in [0.1, 0.15) is 47.1 Å². The van der Waals surface area contributed by atoms with Crippen LogP contribution in [0.2, 0.25) is 0 Å². The first kappa shape index (κ1) is 78.1. The van der Waals surface area contributed by atoms with Gasteiger partial charge in [-0.2, -0.15) is 10.4 Å². The molecule has 0 bridgehead atoms. The largest absolute Gasteiger partial charge is 1.00 e. The molecule has 0 aliphatic rings. The second-order valence-corrected chi connectivity index (χ2v) is 20.0. The van der Waals surface area contributed by atoms with Gasteiger partial charge < -0.3 is 31.5 Å². The Balaban J connectivity index is 0.000000392. The van der Waals surface area contributed by atoms with E-state index in [0.717, 1.165) is 26.7 Å². The fourth-order valence-electron chi connectivity index (χ4n) is 7.28. The maximum absolute atomic E-state index is 14.5. The molecule has 0 unspecified atom stereocenters. The van der Waals surface area contributed by atoms with E-state index in [1.165, 1.54) is 59.8 Å². The fourth-order valence-corrected chi connectivity index (χ4v) is 7.61. The number of aliphatic hydroxyl groups is 1. The van der Waals surface area contributed by atoms with E-state index in [0.29, 0.717) is 50.6 Å². The van der Waals surface area contributed by atoms with Crippen molar-refractivity contribution in [3.05, 3.63) is 253 Å². The van der Waals surface area contributed by atoms with Gasteiger partial charge in [0, 0.05) is 68.1 Å². The van der Waals surface area contributed by atoms with Crippen LogP contribution in [0.3, 0.4) is 0 Å². The van der Waals surface area contributed by atoms with Crippen molar-refractivity contribution in [2.24, 2.45) is 0 Å². The van der Waals surface area contributed by atoms with Crippen LogP contribution in [0, 0.1) is 71.1 Å². The first-order chi connectivity index (χ1) is 44.1. The minimum absolute atomic E-state index is 0. The number of nitriles is 1. The molecule has 15 nitrogen and oxygen atoms in total. The third-order valence-electron chi connectivity index (χ3n) is 11.1. The standard InChI is InChI=1S/C20H18FN3O2.C14H10FN3.C13H8FN.C12H8BrF.C6H8O2.C3H2O2.C3H8O.CN.Cu/c1-14(2)26-19(25)10-11-24-13-22-20(23-24)16-8-9-17(18(21)12-16)15-6-4-3-5-7-15;15-13-8-11(14-16-9-17-18-14)6-7-12(13)10-4-2-1-3-5-10;14-13-8-10(9-15)6-7-12(13)11-4-2-1-3-5-11;13-10-6-7-11(12(14)8-10)9-4-2-1-3-5-9;1-4-6(7)8-5(2)3;1-2-3(4)5;1-3(2)4;1-2;/h3-14H,1-2H3;1-9H,(H,16,17,18);1-8H;1-8H;1,5H,2-3H3;1H,(H,4,5);3-4H,1-2H3;;/q;;;;;;;-1;+1/b11-10-;;;;;;;;. The van der Waals surface area contributed by atoms with Crippen LogP contribution >= 0.6 is 15.9 Å². The molecule has 10 rings (SSSR count). The van der Waals surface area contributed by atoms with Gasteiger partial charge in [0.1, 0.15) is 35.9 Å². The summed E-state index contributed by atoms with van der Waals surface area (Å²) in [6.45, 7) is 15.2. The summed E-state index contributed by atoms with van der Waals surface area (Å²) in [5.41, 5.74) is 7.22. The zero-order chi connectivity index (χ0) is 68.0. The van der Waals surface area contributed by atoms with Gasteiger partial charge in [0.2, 0.25) is 0 Å². The second kappa shape index (κ2) is 42.8. The van der Waals surface area contributed by atoms with Crippen molar-refractivity contribution >= 4 is 40.0 Å². The molecule has 8 aromatic carbocycles. The molecule has 0 atom stereocenters. The Hall–Kier alpha value is -11.0. The molecular formula is C72H62BrCuF4N8O7. The number of H-pyrrole nitrogens is 1. The predicted molar refractivity (Wildman–Crippen MR) is 350 cm³/mol. The number of ether oxygens (including phenoxy) is 2. The number of carbonyl (C=O) groups excluding carboxylic acids is 2. The van der Waals surface area contributed by atoms with Gasteiger partial charge in [-0.3, -0.25) is 5.10 Å². The Morgan fingerprint density at radius 2 is 0.989 bits per heavy atom. The number of carboxylic acids is 1. The molecule has 93 heavy (non-hydrogen) atoms. The Kier molecular flexibility index (Phi) is 35.9. The quantitative estimate of drug-likeness (QED) is 0.0220. The summed E-state index contributed by atoms with van der Waals surface area (Å²) in [6.07, 6.45) is 14.1. The Labute approximate surface area is 556 Å². The molecule has 0 amide bonds. The molecule has 0 saturated carbocycles. The van der Waals surface area contributed by atoms with Crippen LogP contribution < -0.4 is 0 Å². The number of aliphatic carboxylic acids is 1. The van der Waals surface area contributed by atoms with Gasteiger partial charge in [-0.1, -0.05) is 174 Å². The molecule has 10 aromatic rings. The minimum atomic E-state index is -1.22. The summed E-state index contributed by atoms with van der Waals surface area (Å²) >= 11 is 3.23. The van der Waals surface area contributed by atoms with Crippen LogP contribution in [0.25, 0.3) is 73.5 Å². The summed E-state index contributed by atoms with van der Waals surface area (Å²) in [6, 6.07) is 58.9. The van der Waals surface area contributed by atoms with Crippen LogP contribution in [0.15, 0.2) is 217 Å². The number of hydrogen-bond donors (Lipinski definition) is 3. The first-order valence-corrected chi connectivity index (χ1v) is 28.3. The second-order valence-electron chi connectivity index (χ2n) is 19.1. The number of nitrogens with zero attached hydrogens (tertiary/aromatic N) is 7. The zero-order valence-corrected chi connectivity index (χ0v) is 53.5. The van der Waals surface area contributed by atoms with Crippen molar-refractivity contribution in [2.45, 2.75) is 59.9 Å². The van der Waals surface area contributed by atoms with Crippen molar-refractivity contribution < 1.29 is 68.7 Å². The first-order valence-electron chi connectivity index (χ1n) is 27.5. The fraction of sp³-hybridized carbons (Fsp3) is 0.125. The van der Waals surface area contributed by atoms with Crippen LogP contribution in [0.4, 0.5) is 17.6 Å². The van der Waals surface area contributed by atoms with E-state index in [2.05, 4.69) is 52.4 Å². The van der Waals surface area contributed by atoms with E-state index < -0.39 is 17.9 Å². The predicted octanol–water partition coefficient (Wildman–Crippen LogP) is 15.8. The molecule has 0 fully saturated rings. The topological polar surface area (TPSA) is 230 Å². The summed E-state index contributed by atoms with van der Waals surface area (Å²) < 4.78 is 67.3. The molecule has 478 valence electrons. The van der Waals surface area contributed by atoms with Gasteiger partial charge in [-0.25, -0.2) is 46.6 Å². The number of aromatic nitrogens is 6. The molecule has 0 saturated heterocycles. The van der Waals surface area contributed by atoms with E-state index in [1.807, 2.05) is 145 Å². The van der Waals surface area contributed by atoms with Crippen LogP contribution in [0.5, 0.6) is 0 Å². The molecule has 3 N–H and O–H groups in total. The summed E-state index contributed by atoms with van der Waals surface area (Å²) in [5.74, 6) is 0.753. The number of esters is 2. The number of rotatable bonds is 10. The number of nitrogens with one attached hydrogen (secondary N) is 1. The number of benzene rings is 8. The number of halogens is 5. The van der Waals surface area contributed by atoms with Crippen molar-refractivity contribution in [1.82, 2.24) is 29.9 Å². The SMILES string of the molecule is C#CC(=O)O.C#CC(=O)OC(C)C.CC(C)O.CC(C)OC(=O)/C=C\n1cnc(-c2ccc(-c3ccccc3)c(F)c2)n1.Fc1cc(-c2ncn[nH]2)ccc1-c1ccccc1.Fc1cc(Br)ccc1-c1ccccc1.N#Cc1ccc(-c2ccccc2)c(F)c1.[C-]#N.[Cu+]. The molecule has 0 spiro atoms. The van der Waals surface area contributed by atoms with Gasteiger partial charge >= 0.3 is 35.0 Å². The molecule has 0 aliphatic heterocycles. The maximum atomic E-state index is 14.5. The maximum Gasteiger partial charge on any atom is 1.00 e. The third-order valence-corrected chi connectivity index (χ3v) is 11.6. The van der Waals surface area contributed by atoms with Crippen molar-refractivity contribution in [2.75, 3.05) is 0 Å². The van der Waals surface area contributed by atoms with Gasteiger partial charge in [-0.15, -0.1) is 17.9 Å². The summed E-state index contributed by atoms with van der Waals surface area (Å²) in [7, 11) is 0. The number of hydrogen-bond acceptors (Lipinski definition) is 12. The third kappa shape index (κ3) is 29.0. The Bertz CT molecular complexity index is 4080. The average molecular weight is 1370 g/mol. The number of carbonyl (C=O) groups is 3. The normalized spacial score (nSPS) is 9.66. The van der Waals surface area contributed by atoms with E-state index in [9.17, 15) is 27.2 Å². The monoisotopic (exact) mass is 1370 g/mol. The van der Waals surface area contributed by atoms with Gasteiger partial charge in [0.15, 0.2) is 11.6 Å². The summed E-state index contributed by atoms with van der Waals surface area (Å²) in [5, 5.41) is 41.1. The molecule has 0 radical (unpaired) electrons. The Morgan fingerprint density at radius 1 is 0.591 bits per heavy atom. The van der Waals surface area contributed by atoms with Crippen molar-refractivity contribution in [3.63, 3.8) is 0 Å². The molecule has 0 aliphatic carbocycles.